The smallest absolute Gasteiger partial charge is 0.251 e. The molecule has 4 nitrogen and oxygen atoms in total. The molecule has 1 heterocycles. The minimum Gasteiger partial charge on any atom is -0.366 e. The summed E-state index contributed by atoms with van der Waals surface area (Å²) in [5, 5.41) is 9.12. The van der Waals surface area contributed by atoms with Crippen LogP contribution in [0.3, 0.4) is 0 Å². The van der Waals surface area contributed by atoms with Crippen LogP contribution in [0.25, 0.3) is 11.1 Å². The largest absolute Gasteiger partial charge is 0.366 e. The number of nitrogens with two attached hydrogens (primary N) is 1. The first-order valence-electron chi connectivity index (χ1n) is 10.0. The summed E-state index contributed by atoms with van der Waals surface area (Å²) in [6, 6.07) is 18.0. The van der Waals surface area contributed by atoms with E-state index in [1.54, 1.807) is 12.1 Å². The van der Waals surface area contributed by atoms with E-state index in [1.807, 2.05) is 19.1 Å². The van der Waals surface area contributed by atoms with Gasteiger partial charge in [-0.05, 0) is 49.9 Å². The molecule has 0 atom stereocenters. The molecule has 0 aliphatic heterocycles. The highest BCUT2D eigenvalue weighted by Gasteiger charge is 2.24. The summed E-state index contributed by atoms with van der Waals surface area (Å²) in [5.74, 6) is -0.414. The predicted octanol–water partition coefficient (Wildman–Crippen LogP) is 5.13. The van der Waals surface area contributed by atoms with Gasteiger partial charge in [0.05, 0.1) is 17.2 Å². The first-order chi connectivity index (χ1) is 14.0. The molecule has 0 saturated heterocycles. The molecule has 3 aromatic rings. The van der Waals surface area contributed by atoms with Crippen molar-refractivity contribution >= 4 is 5.91 Å². The number of carbonyl (C=O) groups is 1. The van der Waals surface area contributed by atoms with Crippen LogP contribution < -0.4 is 5.73 Å². The second kappa shape index (κ2) is 8.79. The maximum Gasteiger partial charge on any atom is 0.251 e. The quantitative estimate of drug-likeness (QED) is 0.612. The van der Waals surface area contributed by atoms with Crippen LogP contribution >= 0.6 is 0 Å². The third-order valence-corrected chi connectivity index (χ3v) is 5.37. The maximum atomic E-state index is 12.4. The molecule has 0 radical (unpaired) electrons. The number of nitrogens with zero attached hydrogens (tertiary/aromatic N) is 2. The van der Waals surface area contributed by atoms with Gasteiger partial charge in [-0.15, -0.1) is 0 Å². The zero-order chi connectivity index (χ0) is 21.0. The fourth-order valence-electron chi connectivity index (χ4n) is 3.93. The standard InChI is InChI=1S/C25H27N3O/c1-4-5-9-22-24(21-12-10-19(15-26)11-13-21)23(25(27)29)18(3)28(22)16-20-8-6-7-17(2)14-20/h6-8,10-14H,4-5,9,16H2,1-3H3,(H2,27,29). The summed E-state index contributed by atoms with van der Waals surface area (Å²) in [6.45, 7) is 6.92. The van der Waals surface area contributed by atoms with Crippen LogP contribution in [0.5, 0.6) is 0 Å². The molecule has 29 heavy (non-hydrogen) atoms. The van der Waals surface area contributed by atoms with Gasteiger partial charge in [-0.3, -0.25) is 4.79 Å². The van der Waals surface area contributed by atoms with Gasteiger partial charge in [0.15, 0.2) is 0 Å². The summed E-state index contributed by atoms with van der Waals surface area (Å²) in [5.41, 5.74) is 13.3. The summed E-state index contributed by atoms with van der Waals surface area (Å²) in [4.78, 5) is 12.4. The number of rotatable bonds is 7. The Bertz CT molecular complexity index is 1070. The van der Waals surface area contributed by atoms with Crippen LogP contribution in [0.1, 0.15) is 58.2 Å². The number of carbonyl (C=O) groups excluding carboxylic acids is 1. The minimum absolute atomic E-state index is 0.414. The van der Waals surface area contributed by atoms with Crippen molar-refractivity contribution in [2.75, 3.05) is 0 Å². The maximum absolute atomic E-state index is 12.4. The van der Waals surface area contributed by atoms with Gasteiger partial charge < -0.3 is 10.3 Å². The van der Waals surface area contributed by atoms with Crippen LogP contribution in [0.4, 0.5) is 0 Å². The van der Waals surface area contributed by atoms with Crippen LogP contribution in [0.15, 0.2) is 48.5 Å². The Morgan fingerprint density at radius 1 is 1.14 bits per heavy atom. The van der Waals surface area contributed by atoms with Crippen molar-refractivity contribution < 1.29 is 4.79 Å². The van der Waals surface area contributed by atoms with E-state index in [9.17, 15) is 4.79 Å². The van der Waals surface area contributed by atoms with Gasteiger partial charge >= 0.3 is 0 Å². The molecule has 2 N–H and O–H groups in total. The molecule has 4 heteroatoms. The Morgan fingerprint density at radius 2 is 1.86 bits per heavy atom. The van der Waals surface area contributed by atoms with Gasteiger partial charge in [-0.1, -0.05) is 55.3 Å². The van der Waals surface area contributed by atoms with Gasteiger partial charge in [-0.2, -0.15) is 5.26 Å². The van der Waals surface area contributed by atoms with E-state index in [0.29, 0.717) is 17.7 Å². The molecule has 1 amide bonds. The summed E-state index contributed by atoms with van der Waals surface area (Å²) >= 11 is 0. The van der Waals surface area contributed by atoms with Gasteiger partial charge in [0.1, 0.15) is 0 Å². The Labute approximate surface area is 172 Å². The van der Waals surface area contributed by atoms with Crippen molar-refractivity contribution in [2.45, 2.75) is 46.6 Å². The molecular formula is C25H27N3O. The van der Waals surface area contributed by atoms with Crippen LogP contribution in [-0.4, -0.2) is 10.5 Å². The number of aryl methyl sites for hydroxylation is 1. The molecule has 1 aromatic heterocycles. The van der Waals surface area contributed by atoms with E-state index in [2.05, 4.69) is 48.7 Å². The van der Waals surface area contributed by atoms with E-state index in [1.165, 1.54) is 11.1 Å². The average molecular weight is 386 g/mol. The monoisotopic (exact) mass is 385 g/mol. The average Bonchev–Trinajstić information content (AvgIpc) is 2.98. The molecule has 0 fully saturated rings. The second-order valence-corrected chi connectivity index (χ2v) is 7.51. The predicted molar refractivity (Wildman–Crippen MR) is 117 cm³/mol. The van der Waals surface area contributed by atoms with Crippen molar-refractivity contribution in [3.8, 4) is 17.2 Å². The lowest BCUT2D eigenvalue weighted by Gasteiger charge is -2.14. The SMILES string of the molecule is CCCCc1c(-c2ccc(C#N)cc2)c(C(N)=O)c(C)n1Cc1cccc(C)c1. The fourth-order valence-corrected chi connectivity index (χ4v) is 3.93. The second-order valence-electron chi connectivity index (χ2n) is 7.51. The number of aromatic nitrogens is 1. The Hall–Kier alpha value is -3.32. The lowest BCUT2D eigenvalue weighted by Crippen LogP contribution is -2.13. The van der Waals surface area contributed by atoms with Gasteiger partial charge in [-0.25, -0.2) is 0 Å². The van der Waals surface area contributed by atoms with E-state index < -0.39 is 5.91 Å². The molecule has 0 spiro atoms. The van der Waals surface area contributed by atoms with Crippen LogP contribution in [-0.2, 0) is 13.0 Å². The number of unbranched alkanes of at least 4 members (excludes halogenated alkanes) is 1. The first-order valence-corrected chi connectivity index (χ1v) is 10.0. The molecule has 0 aliphatic carbocycles. The number of amides is 1. The molecule has 0 unspecified atom stereocenters. The zero-order valence-electron chi connectivity index (χ0n) is 17.3. The Balaban J connectivity index is 2.21. The van der Waals surface area contributed by atoms with E-state index in [-0.39, 0.29) is 0 Å². The van der Waals surface area contributed by atoms with E-state index in [0.717, 1.165) is 41.8 Å². The summed E-state index contributed by atoms with van der Waals surface area (Å²) in [7, 11) is 0. The number of hydrogen-bond donors (Lipinski definition) is 1. The number of benzene rings is 2. The topological polar surface area (TPSA) is 71.8 Å². The third kappa shape index (κ3) is 4.25. The minimum atomic E-state index is -0.414. The zero-order valence-corrected chi connectivity index (χ0v) is 17.3. The summed E-state index contributed by atoms with van der Waals surface area (Å²) < 4.78 is 2.23. The first kappa shape index (κ1) is 20.4. The lowest BCUT2D eigenvalue weighted by atomic mass is 9.97. The fraction of sp³-hybridized carbons (Fsp3) is 0.280. The molecular weight excluding hydrogens is 358 g/mol. The lowest BCUT2D eigenvalue weighted by molar-refractivity contribution is 0.1000. The van der Waals surface area contributed by atoms with Crippen LogP contribution in [0.2, 0.25) is 0 Å². The Kier molecular flexibility index (Phi) is 6.19. The van der Waals surface area contributed by atoms with Crippen molar-refractivity contribution in [2.24, 2.45) is 5.73 Å². The van der Waals surface area contributed by atoms with E-state index in [4.69, 9.17) is 11.0 Å². The molecule has 2 aromatic carbocycles. The third-order valence-electron chi connectivity index (χ3n) is 5.37. The van der Waals surface area contributed by atoms with Gasteiger partial charge in [0.25, 0.3) is 5.91 Å². The highest BCUT2D eigenvalue weighted by Crippen LogP contribution is 2.34. The van der Waals surface area contributed by atoms with Crippen molar-refractivity contribution in [3.63, 3.8) is 0 Å². The van der Waals surface area contributed by atoms with Gasteiger partial charge in [0, 0.05) is 23.5 Å². The summed E-state index contributed by atoms with van der Waals surface area (Å²) in [6.07, 6.45) is 2.96. The molecule has 3 rings (SSSR count). The van der Waals surface area contributed by atoms with Crippen LogP contribution in [0, 0.1) is 25.2 Å². The number of primary amides is 1. The van der Waals surface area contributed by atoms with Gasteiger partial charge in [0.2, 0.25) is 0 Å². The van der Waals surface area contributed by atoms with Crippen molar-refractivity contribution in [1.29, 1.82) is 5.26 Å². The number of hydrogen-bond acceptors (Lipinski definition) is 2. The molecule has 0 bridgehead atoms. The van der Waals surface area contributed by atoms with Crippen molar-refractivity contribution in [3.05, 3.63) is 82.2 Å². The van der Waals surface area contributed by atoms with Crippen molar-refractivity contribution in [1.82, 2.24) is 4.57 Å². The molecule has 148 valence electrons. The molecule has 0 aliphatic rings. The highest BCUT2D eigenvalue weighted by atomic mass is 16.1. The van der Waals surface area contributed by atoms with E-state index >= 15 is 0 Å². The normalized spacial score (nSPS) is 10.7. The molecule has 0 saturated carbocycles. The number of nitriles is 1. The highest BCUT2D eigenvalue weighted by molar-refractivity contribution is 6.02. The Morgan fingerprint density at radius 3 is 2.45 bits per heavy atom.